The number of fused-ring (bicyclic) bond motifs is 1. The molecular formula is C22H13BrO4. The molecule has 0 amide bonds. The van der Waals surface area contributed by atoms with Gasteiger partial charge in [0.15, 0.2) is 0 Å². The van der Waals surface area contributed by atoms with Crippen LogP contribution in [-0.4, -0.2) is 5.97 Å². The van der Waals surface area contributed by atoms with Crippen molar-refractivity contribution in [3.05, 3.63) is 99.3 Å². The highest BCUT2D eigenvalue weighted by Crippen LogP contribution is 2.23. The summed E-state index contributed by atoms with van der Waals surface area (Å²) in [4.78, 5) is 24.5. The van der Waals surface area contributed by atoms with Gasteiger partial charge in [-0.15, -0.1) is 0 Å². The summed E-state index contributed by atoms with van der Waals surface area (Å²) in [6, 6.07) is 23.6. The highest BCUT2D eigenvalue weighted by molar-refractivity contribution is 9.10. The van der Waals surface area contributed by atoms with Gasteiger partial charge in [0.2, 0.25) is 0 Å². The topological polar surface area (TPSA) is 56.5 Å². The Bertz CT molecular complexity index is 1180. The highest BCUT2D eigenvalue weighted by atomic mass is 79.9. The minimum absolute atomic E-state index is 0.146. The van der Waals surface area contributed by atoms with E-state index in [-0.39, 0.29) is 5.56 Å². The van der Waals surface area contributed by atoms with Crippen molar-refractivity contribution in [3.63, 3.8) is 0 Å². The van der Waals surface area contributed by atoms with E-state index in [1.54, 1.807) is 30.3 Å². The van der Waals surface area contributed by atoms with Gasteiger partial charge >= 0.3 is 11.6 Å². The molecule has 0 fully saturated rings. The maximum Gasteiger partial charge on any atom is 0.351 e. The fourth-order valence-corrected chi connectivity index (χ4v) is 3.12. The van der Waals surface area contributed by atoms with Gasteiger partial charge in [-0.2, -0.15) is 0 Å². The largest absolute Gasteiger partial charge is 0.423 e. The van der Waals surface area contributed by atoms with E-state index in [1.165, 1.54) is 6.07 Å². The molecule has 0 aliphatic carbocycles. The molecule has 0 saturated heterocycles. The quantitative estimate of drug-likeness (QED) is 0.251. The molecule has 0 aliphatic rings. The summed E-state index contributed by atoms with van der Waals surface area (Å²) in [6.07, 6.45) is 0. The van der Waals surface area contributed by atoms with Crippen molar-refractivity contribution in [1.29, 1.82) is 0 Å². The molecule has 1 aromatic heterocycles. The van der Waals surface area contributed by atoms with Crippen molar-refractivity contribution >= 4 is 32.9 Å². The first-order chi connectivity index (χ1) is 13.1. The van der Waals surface area contributed by atoms with Crippen LogP contribution in [0, 0.1) is 0 Å². The Morgan fingerprint density at radius 3 is 2.30 bits per heavy atom. The normalized spacial score (nSPS) is 10.7. The van der Waals surface area contributed by atoms with Crippen LogP contribution >= 0.6 is 15.9 Å². The summed E-state index contributed by atoms with van der Waals surface area (Å²) in [7, 11) is 0. The van der Waals surface area contributed by atoms with Gasteiger partial charge in [0.25, 0.3) is 0 Å². The average Bonchev–Trinajstić information content (AvgIpc) is 2.69. The molecule has 0 aliphatic heterocycles. The number of hydrogen-bond donors (Lipinski definition) is 0. The van der Waals surface area contributed by atoms with Crippen molar-refractivity contribution in [2.24, 2.45) is 0 Å². The van der Waals surface area contributed by atoms with Crippen LogP contribution < -0.4 is 10.4 Å². The maximum absolute atomic E-state index is 12.4. The molecule has 5 heteroatoms. The second-order valence-corrected chi connectivity index (χ2v) is 6.83. The third kappa shape index (κ3) is 3.68. The van der Waals surface area contributed by atoms with E-state index in [9.17, 15) is 9.59 Å². The van der Waals surface area contributed by atoms with Gasteiger partial charge in [-0.25, -0.2) is 9.59 Å². The molecule has 0 radical (unpaired) electrons. The SMILES string of the molecule is O=C(Oc1ccc(-c2ccccc2)cc1)c1cc2cc(Br)ccc2oc1=O. The fraction of sp³-hybridized carbons (Fsp3) is 0. The van der Waals surface area contributed by atoms with Crippen molar-refractivity contribution in [3.8, 4) is 16.9 Å². The molecular weight excluding hydrogens is 408 g/mol. The highest BCUT2D eigenvalue weighted by Gasteiger charge is 2.16. The number of rotatable bonds is 3. The zero-order valence-electron chi connectivity index (χ0n) is 14.0. The van der Waals surface area contributed by atoms with Gasteiger partial charge in [-0.3, -0.25) is 0 Å². The van der Waals surface area contributed by atoms with E-state index < -0.39 is 11.6 Å². The van der Waals surface area contributed by atoms with Crippen LogP contribution in [0.3, 0.4) is 0 Å². The number of carbonyl (C=O) groups is 1. The molecule has 4 nitrogen and oxygen atoms in total. The van der Waals surface area contributed by atoms with Crippen LogP contribution in [-0.2, 0) is 0 Å². The summed E-state index contributed by atoms with van der Waals surface area (Å²) in [6.45, 7) is 0. The maximum atomic E-state index is 12.4. The predicted molar refractivity (Wildman–Crippen MR) is 107 cm³/mol. The number of halogens is 1. The molecule has 1 heterocycles. The number of carbonyl (C=O) groups excluding carboxylic acids is 1. The standard InChI is InChI=1S/C22H13BrO4/c23-17-8-11-20-16(12-17)13-19(22(25)27-20)21(24)26-18-9-6-15(7-10-18)14-4-2-1-3-5-14/h1-13H. The van der Waals surface area contributed by atoms with Crippen LogP contribution in [0.4, 0.5) is 0 Å². The van der Waals surface area contributed by atoms with Crippen molar-refractivity contribution in [2.75, 3.05) is 0 Å². The molecule has 0 bridgehead atoms. The van der Waals surface area contributed by atoms with Gasteiger partial charge in [-0.05, 0) is 47.5 Å². The Kier molecular flexibility index (Phi) is 4.60. The summed E-state index contributed by atoms with van der Waals surface area (Å²) in [5.41, 5.74) is 1.61. The fourth-order valence-electron chi connectivity index (χ4n) is 2.74. The number of hydrogen-bond acceptors (Lipinski definition) is 4. The Balaban J connectivity index is 1.60. The summed E-state index contributed by atoms with van der Waals surface area (Å²) in [5.74, 6) is -0.397. The Labute approximate surface area is 163 Å². The first-order valence-electron chi connectivity index (χ1n) is 8.21. The van der Waals surface area contributed by atoms with Gasteiger partial charge in [-0.1, -0.05) is 58.4 Å². The monoisotopic (exact) mass is 420 g/mol. The molecule has 0 atom stereocenters. The van der Waals surface area contributed by atoms with Gasteiger partial charge in [0.05, 0.1) is 0 Å². The first kappa shape index (κ1) is 17.2. The van der Waals surface area contributed by atoms with Crippen LogP contribution in [0.1, 0.15) is 10.4 Å². The van der Waals surface area contributed by atoms with Gasteiger partial charge in [0.1, 0.15) is 16.9 Å². The smallest absolute Gasteiger partial charge is 0.351 e. The summed E-state index contributed by atoms with van der Waals surface area (Å²) in [5, 5.41) is 0.635. The van der Waals surface area contributed by atoms with Crippen molar-refractivity contribution in [2.45, 2.75) is 0 Å². The lowest BCUT2D eigenvalue weighted by atomic mass is 10.1. The third-order valence-electron chi connectivity index (χ3n) is 4.09. The Morgan fingerprint density at radius 2 is 1.56 bits per heavy atom. The molecule has 0 unspecified atom stereocenters. The molecule has 27 heavy (non-hydrogen) atoms. The Morgan fingerprint density at radius 1 is 0.852 bits per heavy atom. The minimum atomic E-state index is -0.752. The predicted octanol–water partition coefficient (Wildman–Crippen LogP) is 5.44. The van der Waals surface area contributed by atoms with E-state index in [0.29, 0.717) is 16.7 Å². The second kappa shape index (κ2) is 7.21. The molecule has 4 aromatic rings. The molecule has 3 aromatic carbocycles. The summed E-state index contributed by atoms with van der Waals surface area (Å²) < 4.78 is 11.4. The second-order valence-electron chi connectivity index (χ2n) is 5.91. The molecule has 0 spiro atoms. The lowest BCUT2D eigenvalue weighted by Gasteiger charge is -2.06. The van der Waals surface area contributed by atoms with E-state index in [0.717, 1.165) is 15.6 Å². The minimum Gasteiger partial charge on any atom is -0.423 e. The van der Waals surface area contributed by atoms with E-state index in [1.807, 2.05) is 42.5 Å². The molecule has 4 rings (SSSR count). The Hall–Kier alpha value is -3.18. The molecule has 0 N–H and O–H groups in total. The van der Waals surface area contributed by atoms with Crippen molar-refractivity contribution < 1.29 is 13.9 Å². The lowest BCUT2D eigenvalue weighted by molar-refractivity contribution is 0.0730. The van der Waals surface area contributed by atoms with Crippen LogP contribution in [0.25, 0.3) is 22.1 Å². The van der Waals surface area contributed by atoms with Crippen LogP contribution in [0.5, 0.6) is 5.75 Å². The first-order valence-corrected chi connectivity index (χ1v) is 9.00. The number of benzene rings is 3. The van der Waals surface area contributed by atoms with Crippen molar-refractivity contribution in [1.82, 2.24) is 0 Å². The van der Waals surface area contributed by atoms with Gasteiger partial charge in [0, 0.05) is 9.86 Å². The van der Waals surface area contributed by atoms with Crippen LogP contribution in [0.2, 0.25) is 0 Å². The van der Waals surface area contributed by atoms with E-state index in [4.69, 9.17) is 9.15 Å². The number of ether oxygens (including phenoxy) is 1. The zero-order chi connectivity index (χ0) is 18.8. The average molecular weight is 421 g/mol. The van der Waals surface area contributed by atoms with E-state index >= 15 is 0 Å². The van der Waals surface area contributed by atoms with Gasteiger partial charge < -0.3 is 9.15 Å². The zero-order valence-corrected chi connectivity index (χ0v) is 15.6. The van der Waals surface area contributed by atoms with Crippen LogP contribution in [0.15, 0.2) is 92.5 Å². The summed E-state index contributed by atoms with van der Waals surface area (Å²) >= 11 is 3.36. The third-order valence-corrected chi connectivity index (χ3v) is 4.58. The lowest BCUT2D eigenvalue weighted by Crippen LogP contribution is -2.18. The molecule has 132 valence electrons. The van der Waals surface area contributed by atoms with E-state index in [2.05, 4.69) is 15.9 Å². The molecule has 0 saturated carbocycles. The number of esters is 1.